The van der Waals surface area contributed by atoms with E-state index in [1.54, 1.807) is 27.7 Å². The average Bonchev–Trinajstić information content (AvgIpc) is 2.41. The Morgan fingerprint density at radius 2 is 2.17 bits per heavy atom. The van der Waals surface area contributed by atoms with Crippen molar-refractivity contribution in [2.75, 3.05) is 5.32 Å². The summed E-state index contributed by atoms with van der Waals surface area (Å²) in [5.41, 5.74) is 0.297. The summed E-state index contributed by atoms with van der Waals surface area (Å²) in [6, 6.07) is 0. The van der Waals surface area contributed by atoms with Gasteiger partial charge < -0.3 is 9.84 Å². The summed E-state index contributed by atoms with van der Waals surface area (Å²) in [5.74, 6) is 0. The first-order valence-electron chi connectivity index (χ1n) is 5.82. The van der Waals surface area contributed by atoms with Gasteiger partial charge in [-0.2, -0.15) is 0 Å². The fourth-order valence-corrected chi connectivity index (χ4v) is 2.40. The summed E-state index contributed by atoms with van der Waals surface area (Å²) in [7, 11) is 0. The number of aliphatic hydroxyl groups excluding tert-OH is 1. The molecule has 0 spiro atoms. The highest BCUT2D eigenvalue weighted by Gasteiger charge is 2.18. The van der Waals surface area contributed by atoms with E-state index in [1.807, 2.05) is 6.92 Å². The molecule has 0 radical (unpaired) electrons. The Bertz CT molecular complexity index is 421. The molecule has 0 aliphatic rings. The molecule has 0 fully saturated rings. The van der Waals surface area contributed by atoms with Crippen molar-refractivity contribution < 1.29 is 14.6 Å². The van der Waals surface area contributed by atoms with E-state index in [0.717, 1.165) is 10.6 Å². The average molecular weight is 272 g/mol. The van der Waals surface area contributed by atoms with Crippen LogP contribution in [0.4, 0.5) is 9.93 Å². The van der Waals surface area contributed by atoms with Crippen LogP contribution in [-0.4, -0.2) is 27.9 Å². The van der Waals surface area contributed by atoms with E-state index in [9.17, 15) is 9.90 Å². The number of nitrogens with zero attached hydrogens (tertiary/aromatic N) is 1. The standard InChI is InChI=1S/C12H20N2O3S/c1-7(15)6-9-8(2)13-10(18-9)14-11(16)17-12(3,4)5/h7,15H,6H2,1-5H3,(H,13,14,16). The van der Waals surface area contributed by atoms with Crippen LogP contribution in [-0.2, 0) is 11.2 Å². The van der Waals surface area contributed by atoms with Crippen LogP contribution >= 0.6 is 11.3 Å². The van der Waals surface area contributed by atoms with Gasteiger partial charge in [0.2, 0.25) is 0 Å². The highest BCUT2D eigenvalue weighted by Crippen LogP contribution is 2.24. The molecule has 0 saturated carbocycles. The molecule has 0 aliphatic heterocycles. The molecule has 0 aliphatic carbocycles. The second-order valence-corrected chi connectivity index (χ2v) is 6.29. The van der Waals surface area contributed by atoms with Crippen LogP contribution in [0.2, 0.25) is 0 Å². The largest absolute Gasteiger partial charge is 0.444 e. The normalized spacial score (nSPS) is 13.2. The van der Waals surface area contributed by atoms with Crippen LogP contribution in [0, 0.1) is 6.92 Å². The molecule has 1 rings (SSSR count). The Hall–Kier alpha value is -1.14. The quantitative estimate of drug-likeness (QED) is 0.887. The number of thiazole rings is 1. The number of anilines is 1. The van der Waals surface area contributed by atoms with Gasteiger partial charge in [-0.3, -0.25) is 5.32 Å². The third kappa shape index (κ3) is 5.01. The van der Waals surface area contributed by atoms with E-state index in [-0.39, 0.29) is 0 Å². The monoisotopic (exact) mass is 272 g/mol. The molecule has 1 atom stereocenters. The number of hydrogen-bond donors (Lipinski definition) is 2. The number of hydrogen-bond acceptors (Lipinski definition) is 5. The van der Waals surface area contributed by atoms with Gasteiger partial charge >= 0.3 is 6.09 Å². The maximum absolute atomic E-state index is 11.6. The van der Waals surface area contributed by atoms with Crippen LogP contribution in [0.5, 0.6) is 0 Å². The number of ether oxygens (including phenoxy) is 1. The Labute approximate surface area is 111 Å². The van der Waals surface area contributed by atoms with Crippen molar-refractivity contribution in [1.82, 2.24) is 4.98 Å². The van der Waals surface area contributed by atoms with Crippen LogP contribution in [0.25, 0.3) is 0 Å². The Morgan fingerprint density at radius 1 is 1.56 bits per heavy atom. The van der Waals surface area contributed by atoms with Crippen molar-refractivity contribution in [3.05, 3.63) is 10.6 Å². The zero-order chi connectivity index (χ0) is 13.9. The Morgan fingerprint density at radius 3 is 2.67 bits per heavy atom. The zero-order valence-corrected chi connectivity index (χ0v) is 12.2. The Balaban J connectivity index is 2.66. The molecule has 6 heteroatoms. The van der Waals surface area contributed by atoms with E-state index in [4.69, 9.17) is 4.74 Å². The molecular formula is C12H20N2O3S. The smallest absolute Gasteiger partial charge is 0.413 e. The summed E-state index contributed by atoms with van der Waals surface area (Å²) in [5, 5.41) is 12.4. The van der Waals surface area contributed by atoms with Crippen molar-refractivity contribution in [3.8, 4) is 0 Å². The van der Waals surface area contributed by atoms with Crippen LogP contribution < -0.4 is 5.32 Å². The summed E-state index contributed by atoms with van der Waals surface area (Å²) in [6.07, 6.45) is -0.391. The number of aromatic nitrogens is 1. The van der Waals surface area contributed by atoms with Crippen molar-refractivity contribution in [1.29, 1.82) is 0 Å². The first-order chi connectivity index (χ1) is 8.17. The fraction of sp³-hybridized carbons (Fsp3) is 0.667. The molecule has 0 bridgehead atoms. The summed E-state index contributed by atoms with van der Waals surface area (Å²) in [4.78, 5) is 16.8. The maximum atomic E-state index is 11.6. The number of nitrogens with one attached hydrogen (secondary N) is 1. The lowest BCUT2D eigenvalue weighted by molar-refractivity contribution is 0.0636. The SMILES string of the molecule is Cc1nc(NC(=O)OC(C)(C)C)sc1CC(C)O. The number of rotatable bonds is 3. The molecule has 1 heterocycles. The number of carbonyl (C=O) groups excluding carboxylic acids is 1. The van der Waals surface area contributed by atoms with Crippen LogP contribution in [0.3, 0.4) is 0 Å². The van der Waals surface area contributed by atoms with Gasteiger partial charge in [0.25, 0.3) is 0 Å². The highest BCUT2D eigenvalue weighted by atomic mass is 32.1. The molecule has 0 saturated heterocycles. The van der Waals surface area contributed by atoms with E-state index in [1.165, 1.54) is 11.3 Å². The van der Waals surface area contributed by atoms with Crippen molar-refractivity contribution in [2.24, 2.45) is 0 Å². The molecule has 0 aromatic carbocycles. The second-order valence-electron chi connectivity index (χ2n) is 5.21. The molecule has 1 aromatic rings. The molecular weight excluding hydrogens is 252 g/mol. The molecule has 102 valence electrons. The molecule has 1 amide bonds. The second kappa shape index (κ2) is 5.67. The minimum Gasteiger partial charge on any atom is -0.444 e. The first-order valence-corrected chi connectivity index (χ1v) is 6.63. The summed E-state index contributed by atoms with van der Waals surface area (Å²) in [6.45, 7) is 8.99. The molecule has 18 heavy (non-hydrogen) atoms. The minimum atomic E-state index is -0.529. The van der Waals surface area contributed by atoms with Crippen molar-refractivity contribution in [3.63, 3.8) is 0 Å². The predicted octanol–water partition coefficient (Wildman–Crippen LogP) is 2.72. The van der Waals surface area contributed by atoms with Gasteiger partial charge in [-0.1, -0.05) is 0 Å². The molecule has 5 nitrogen and oxygen atoms in total. The molecule has 1 unspecified atom stereocenters. The number of carbonyl (C=O) groups is 1. The van der Waals surface area contributed by atoms with Gasteiger partial charge in [0, 0.05) is 11.3 Å². The summed E-state index contributed by atoms with van der Waals surface area (Å²) >= 11 is 1.36. The zero-order valence-electron chi connectivity index (χ0n) is 11.4. The van der Waals surface area contributed by atoms with E-state index >= 15 is 0 Å². The van der Waals surface area contributed by atoms with Crippen LogP contribution in [0.1, 0.15) is 38.3 Å². The fourth-order valence-electron chi connectivity index (χ4n) is 1.33. The van der Waals surface area contributed by atoms with Gasteiger partial charge in [-0.15, -0.1) is 11.3 Å². The number of amides is 1. The van der Waals surface area contributed by atoms with Gasteiger partial charge in [-0.05, 0) is 34.6 Å². The topological polar surface area (TPSA) is 71.5 Å². The first kappa shape index (κ1) is 14.9. The van der Waals surface area contributed by atoms with E-state index < -0.39 is 17.8 Å². The maximum Gasteiger partial charge on any atom is 0.413 e. The van der Waals surface area contributed by atoms with Crippen LogP contribution in [0.15, 0.2) is 0 Å². The van der Waals surface area contributed by atoms with Crippen molar-refractivity contribution >= 4 is 22.6 Å². The van der Waals surface area contributed by atoms with Crippen molar-refractivity contribution in [2.45, 2.75) is 52.7 Å². The Kier molecular flexibility index (Phi) is 4.70. The van der Waals surface area contributed by atoms with E-state index in [2.05, 4.69) is 10.3 Å². The van der Waals surface area contributed by atoms with E-state index in [0.29, 0.717) is 11.6 Å². The molecule has 1 aromatic heterocycles. The third-order valence-electron chi connectivity index (χ3n) is 1.98. The lowest BCUT2D eigenvalue weighted by atomic mass is 10.2. The van der Waals surface area contributed by atoms with Gasteiger partial charge in [-0.25, -0.2) is 9.78 Å². The van der Waals surface area contributed by atoms with Gasteiger partial charge in [0.15, 0.2) is 5.13 Å². The third-order valence-corrected chi connectivity index (χ3v) is 3.08. The van der Waals surface area contributed by atoms with Gasteiger partial charge in [0.05, 0.1) is 11.8 Å². The number of aliphatic hydroxyl groups is 1. The van der Waals surface area contributed by atoms with Gasteiger partial charge in [0.1, 0.15) is 5.60 Å². The lowest BCUT2D eigenvalue weighted by Gasteiger charge is -2.18. The predicted molar refractivity (Wildman–Crippen MR) is 72.1 cm³/mol. The number of aryl methyl sites for hydroxylation is 1. The minimum absolute atomic E-state index is 0.418. The highest BCUT2D eigenvalue weighted by molar-refractivity contribution is 7.15. The molecule has 2 N–H and O–H groups in total. The lowest BCUT2D eigenvalue weighted by Crippen LogP contribution is -2.27. The summed E-state index contributed by atoms with van der Waals surface area (Å²) < 4.78 is 5.14.